The molecule has 3 rings (SSSR count). The van der Waals surface area contributed by atoms with E-state index < -0.39 is 0 Å². The normalized spacial score (nSPS) is 16.1. The van der Waals surface area contributed by atoms with Crippen LogP contribution in [0, 0.1) is 5.92 Å². The van der Waals surface area contributed by atoms with Crippen molar-refractivity contribution in [3.05, 3.63) is 71.3 Å². The summed E-state index contributed by atoms with van der Waals surface area (Å²) in [6, 6.07) is 15.9. The molecule has 0 aliphatic heterocycles. The van der Waals surface area contributed by atoms with E-state index in [1.807, 2.05) is 24.3 Å². The fourth-order valence-corrected chi connectivity index (χ4v) is 4.34. The summed E-state index contributed by atoms with van der Waals surface area (Å²) in [7, 11) is 0. The maximum absolute atomic E-state index is 12.5. The van der Waals surface area contributed by atoms with E-state index in [1.165, 1.54) is 74.5 Å². The van der Waals surface area contributed by atoms with Gasteiger partial charge in [0.1, 0.15) is 5.75 Å². The van der Waals surface area contributed by atoms with Gasteiger partial charge in [0.25, 0.3) is 0 Å². The highest BCUT2D eigenvalue weighted by atomic mass is 16.5. The minimum atomic E-state index is -0.293. The summed E-state index contributed by atoms with van der Waals surface area (Å²) in [5, 5.41) is 0. The average Bonchev–Trinajstić information content (AvgIpc) is 2.82. The van der Waals surface area contributed by atoms with Gasteiger partial charge in [-0.05, 0) is 79.0 Å². The zero-order chi connectivity index (χ0) is 21.9. The number of aryl methyl sites for hydroxylation is 1. The van der Waals surface area contributed by atoms with Crippen LogP contribution in [0.2, 0.25) is 0 Å². The number of rotatable bonds is 11. The summed E-state index contributed by atoms with van der Waals surface area (Å²) >= 11 is 0. The molecule has 0 heterocycles. The molecule has 2 heteroatoms. The average molecular weight is 419 g/mol. The molecular formula is C29H38O2. The molecule has 2 nitrogen and oxygen atoms in total. The van der Waals surface area contributed by atoms with Gasteiger partial charge in [0.15, 0.2) is 0 Å². The Morgan fingerprint density at radius 1 is 0.903 bits per heavy atom. The van der Waals surface area contributed by atoms with Crippen molar-refractivity contribution in [1.29, 1.82) is 0 Å². The van der Waals surface area contributed by atoms with Crippen LogP contribution in [0.1, 0.15) is 99.5 Å². The Hall–Kier alpha value is -2.35. The van der Waals surface area contributed by atoms with Crippen molar-refractivity contribution in [2.45, 2.75) is 84.5 Å². The number of allylic oxidation sites excluding steroid dienone is 2. The fraction of sp³-hybridized carbons (Fsp3) is 0.483. The monoisotopic (exact) mass is 418 g/mol. The van der Waals surface area contributed by atoms with Gasteiger partial charge >= 0.3 is 5.97 Å². The fourth-order valence-electron chi connectivity index (χ4n) is 4.34. The molecular weight excluding hydrogens is 380 g/mol. The van der Waals surface area contributed by atoms with Crippen LogP contribution in [-0.2, 0) is 6.42 Å². The van der Waals surface area contributed by atoms with E-state index in [0.29, 0.717) is 11.3 Å². The number of carbonyl (C=O) groups excluding carboxylic acids is 1. The molecule has 1 atom stereocenters. The summed E-state index contributed by atoms with van der Waals surface area (Å²) < 4.78 is 5.59. The number of unbranched alkanes of at least 4 members (excludes halogenated alkanes) is 5. The smallest absolute Gasteiger partial charge is 0.343 e. The summed E-state index contributed by atoms with van der Waals surface area (Å²) in [6.45, 7) is 4.52. The highest BCUT2D eigenvalue weighted by Gasteiger charge is 2.15. The molecule has 1 aliphatic rings. The third-order valence-electron chi connectivity index (χ3n) is 6.54. The van der Waals surface area contributed by atoms with Crippen molar-refractivity contribution >= 4 is 11.5 Å². The van der Waals surface area contributed by atoms with Crippen LogP contribution in [0.25, 0.3) is 5.57 Å². The molecule has 0 aromatic heterocycles. The minimum absolute atomic E-state index is 0.293. The molecule has 0 bridgehead atoms. The van der Waals surface area contributed by atoms with E-state index in [2.05, 4.69) is 44.2 Å². The first-order valence-corrected chi connectivity index (χ1v) is 12.3. The van der Waals surface area contributed by atoms with E-state index in [0.717, 1.165) is 18.8 Å². The SMILES string of the molecule is CCCCCCCCc1ccc(OC(=O)c2ccc(C3=CCC(CC)CC3)cc2)cc1. The Morgan fingerprint density at radius 2 is 1.61 bits per heavy atom. The van der Waals surface area contributed by atoms with Crippen molar-refractivity contribution in [3.63, 3.8) is 0 Å². The minimum Gasteiger partial charge on any atom is -0.423 e. The number of benzene rings is 2. The van der Waals surface area contributed by atoms with Gasteiger partial charge in [-0.25, -0.2) is 4.79 Å². The van der Waals surface area contributed by atoms with Gasteiger partial charge in [-0.15, -0.1) is 0 Å². The quantitative estimate of drug-likeness (QED) is 0.208. The Labute approximate surface area is 188 Å². The van der Waals surface area contributed by atoms with E-state index in [4.69, 9.17) is 4.74 Å². The molecule has 0 N–H and O–H groups in total. The van der Waals surface area contributed by atoms with Crippen molar-refractivity contribution in [3.8, 4) is 5.75 Å². The molecule has 0 spiro atoms. The van der Waals surface area contributed by atoms with Gasteiger partial charge in [-0.1, -0.05) is 82.7 Å². The van der Waals surface area contributed by atoms with Crippen molar-refractivity contribution in [2.24, 2.45) is 5.92 Å². The zero-order valence-electron chi connectivity index (χ0n) is 19.4. The number of hydrogen-bond acceptors (Lipinski definition) is 2. The molecule has 166 valence electrons. The third-order valence-corrected chi connectivity index (χ3v) is 6.54. The van der Waals surface area contributed by atoms with Gasteiger partial charge in [-0.2, -0.15) is 0 Å². The number of esters is 1. The van der Waals surface area contributed by atoms with Gasteiger partial charge in [0.05, 0.1) is 5.56 Å². The van der Waals surface area contributed by atoms with Crippen molar-refractivity contribution in [1.82, 2.24) is 0 Å². The summed E-state index contributed by atoms with van der Waals surface area (Å²) in [4.78, 5) is 12.5. The van der Waals surface area contributed by atoms with Crippen LogP contribution in [-0.4, -0.2) is 5.97 Å². The molecule has 1 unspecified atom stereocenters. The molecule has 1 aliphatic carbocycles. The lowest BCUT2D eigenvalue weighted by Gasteiger charge is -2.20. The molecule has 2 aromatic carbocycles. The molecule has 2 aromatic rings. The van der Waals surface area contributed by atoms with Crippen LogP contribution in [0.5, 0.6) is 5.75 Å². The number of hydrogen-bond donors (Lipinski definition) is 0. The van der Waals surface area contributed by atoms with Crippen LogP contribution in [0.3, 0.4) is 0 Å². The number of carbonyl (C=O) groups is 1. The third kappa shape index (κ3) is 7.38. The predicted octanol–water partition coefficient (Wildman–Crippen LogP) is 8.40. The maximum atomic E-state index is 12.5. The maximum Gasteiger partial charge on any atom is 0.343 e. The summed E-state index contributed by atoms with van der Waals surface area (Å²) in [5.74, 6) is 1.15. The predicted molar refractivity (Wildman–Crippen MR) is 131 cm³/mol. The lowest BCUT2D eigenvalue weighted by molar-refractivity contribution is 0.0734. The molecule has 0 fully saturated rings. The molecule has 0 radical (unpaired) electrons. The lowest BCUT2D eigenvalue weighted by atomic mass is 9.85. The molecule has 31 heavy (non-hydrogen) atoms. The Balaban J connectivity index is 1.47. The highest BCUT2D eigenvalue weighted by molar-refractivity contribution is 5.91. The Morgan fingerprint density at radius 3 is 2.26 bits per heavy atom. The largest absolute Gasteiger partial charge is 0.423 e. The Kier molecular flexibility index (Phi) is 9.39. The van der Waals surface area contributed by atoms with Gasteiger partial charge in [0, 0.05) is 0 Å². The van der Waals surface area contributed by atoms with Crippen molar-refractivity contribution < 1.29 is 9.53 Å². The first-order chi connectivity index (χ1) is 15.2. The van der Waals surface area contributed by atoms with Gasteiger partial charge in [-0.3, -0.25) is 0 Å². The summed E-state index contributed by atoms with van der Waals surface area (Å²) in [6.07, 6.45) is 16.1. The van der Waals surface area contributed by atoms with Crippen LogP contribution < -0.4 is 4.74 Å². The van der Waals surface area contributed by atoms with E-state index in [9.17, 15) is 4.79 Å². The topological polar surface area (TPSA) is 26.3 Å². The zero-order valence-corrected chi connectivity index (χ0v) is 19.4. The van der Waals surface area contributed by atoms with Crippen LogP contribution in [0.4, 0.5) is 0 Å². The standard InChI is InChI=1S/C29H38O2/c1-3-5-6-7-8-9-10-24-13-21-28(22-14-24)31-29(30)27-19-17-26(18-20-27)25-15-11-23(4-2)12-16-25/h13-15,17-23H,3-12,16H2,1-2H3. The van der Waals surface area contributed by atoms with Crippen molar-refractivity contribution in [2.75, 3.05) is 0 Å². The van der Waals surface area contributed by atoms with Crippen LogP contribution in [0.15, 0.2) is 54.6 Å². The van der Waals surface area contributed by atoms with Gasteiger partial charge in [0.2, 0.25) is 0 Å². The molecule has 0 saturated carbocycles. The van der Waals surface area contributed by atoms with E-state index in [1.54, 1.807) is 0 Å². The summed E-state index contributed by atoms with van der Waals surface area (Å²) in [5.41, 5.74) is 4.55. The molecule has 0 amide bonds. The van der Waals surface area contributed by atoms with E-state index in [-0.39, 0.29) is 5.97 Å². The Bertz CT molecular complexity index is 830. The second kappa shape index (κ2) is 12.5. The van der Waals surface area contributed by atoms with E-state index >= 15 is 0 Å². The van der Waals surface area contributed by atoms with Crippen LogP contribution >= 0.6 is 0 Å². The second-order valence-corrected chi connectivity index (χ2v) is 8.91. The second-order valence-electron chi connectivity index (χ2n) is 8.91. The number of ether oxygens (including phenoxy) is 1. The lowest BCUT2D eigenvalue weighted by Crippen LogP contribution is -2.09. The first kappa shape index (κ1) is 23.3. The van der Waals surface area contributed by atoms with Gasteiger partial charge < -0.3 is 4.74 Å². The highest BCUT2D eigenvalue weighted by Crippen LogP contribution is 2.31. The first-order valence-electron chi connectivity index (χ1n) is 12.3. The molecule has 0 saturated heterocycles.